The monoisotopic (exact) mass is 459 g/mol. The smallest absolute Gasteiger partial charge is 0.261 e. The Hall–Kier alpha value is -2.58. The molecule has 3 rings (SSSR count). The van der Waals surface area contributed by atoms with Gasteiger partial charge in [0.1, 0.15) is 5.75 Å². The van der Waals surface area contributed by atoms with Crippen molar-refractivity contribution in [2.24, 2.45) is 0 Å². The molecule has 8 heteroatoms. The molecule has 1 amide bonds. The number of rotatable bonds is 9. The van der Waals surface area contributed by atoms with Crippen LogP contribution in [0.5, 0.6) is 5.75 Å². The van der Waals surface area contributed by atoms with E-state index in [1.165, 1.54) is 31.4 Å². The minimum Gasteiger partial charge on any atom is -0.494 e. The van der Waals surface area contributed by atoms with E-state index < -0.39 is 10.0 Å². The van der Waals surface area contributed by atoms with Gasteiger partial charge in [0.25, 0.3) is 15.9 Å². The molecule has 1 fully saturated rings. The summed E-state index contributed by atoms with van der Waals surface area (Å²) in [5.41, 5.74) is 0.608. The normalized spacial score (nSPS) is 15.2. The lowest BCUT2D eigenvalue weighted by Gasteiger charge is -2.41. The number of nitrogens with zero attached hydrogens (tertiary/aromatic N) is 1. The number of carbonyl (C=O) groups is 1. The highest BCUT2D eigenvalue weighted by atomic mass is 32.2. The molecule has 0 aliphatic carbocycles. The van der Waals surface area contributed by atoms with Gasteiger partial charge in [0.05, 0.1) is 11.5 Å². The van der Waals surface area contributed by atoms with Crippen molar-refractivity contribution >= 4 is 21.6 Å². The molecule has 0 aromatic heterocycles. The summed E-state index contributed by atoms with van der Waals surface area (Å²) in [5, 5.41) is 3.00. The zero-order valence-electron chi connectivity index (χ0n) is 19.1. The lowest BCUT2D eigenvalue weighted by Crippen LogP contribution is -2.53. The summed E-state index contributed by atoms with van der Waals surface area (Å²) in [6, 6.07) is 12.7. The second kappa shape index (κ2) is 10.4. The van der Waals surface area contributed by atoms with Crippen molar-refractivity contribution in [2.75, 3.05) is 31.0 Å². The Morgan fingerprint density at radius 3 is 2.41 bits per heavy atom. The number of hydrogen-bond acceptors (Lipinski definition) is 5. The van der Waals surface area contributed by atoms with Crippen LogP contribution >= 0.6 is 0 Å². The first-order valence-corrected chi connectivity index (χ1v) is 12.6. The third-order valence-corrected chi connectivity index (χ3v) is 7.11. The van der Waals surface area contributed by atoms with Crippen LogP contribution in [0.4, 0.5) is 5.69 Å². The zero-order chi connectivity index (χ0) is 23.2. The summed E-state index contributed by atoms with van der Waals surface area (Å²) in [7, 11) is -3.78. The van der Waals surface area contributed by atoms with Crippen LogP contribution in [-0.4, -0.2) is 51.0 Å². The molecule has 1 heterocycles. The van der Waals surface area contributed by atoms with Gasteiger partial charge in [-0.15, -0.1) is 0 Å². The van der Waals surface area contributed by atoms with Gasteiger partial charge in [-0.25, -0.2) is 8.42 Å². The molecule has 0 bridgehead atoms. The van der Waals surface area contributed by atoms with Crippen molar-refractivity contribution in [3.05, 3.63) is 54.1 Å². The van der Waals surface area contributed by atoms with E-state index in [4.69, 9.17) is 4.74 Å². The summed E-state index contributed by atoms with van der Waals surface area (Å²) in [6.07, 6.45) is 3.64. The third-order valence-electron chi connectivity index (χ3n) is 5.72. The maximum absolute atomic E-state index is 12.7. The second-order valence-electron chi connectivity index (χ2n) is 8.63. The van der Waals surface area contributed by atoms with E-state index in [0.717, 1.165) is 13.1 Å². The minimum atomic E-state index is -3.78. The highest BCUT2D eigenvalue weighted by molar-refractivity contribution is 7.92. The fourth-order valence-electron chi connectivity index (χ4n) is 3.83. The Bertz CT molecular complexity index is 1010. The Morgan fingerprint density at radius 1 is 1.06 bits per heavy atom. The number of anilines is 1. The van der Waals surface area contributed by atoms with E-state index in [9.17, 15) is 13.2 Å². The number of ether oxygens (including phenoxy) is 1. The van der Waals surface area contributed by atoms with Crippen molar-refractivity contribution in [1.29, 1.82) is 0 Å². The fourth-order valence-corrected chi connectivity index (χ4v) is 4.88. The second-order valence-corrected chi connectivity index (χ2v) is 10.3. The number of amides is 1. The third kappa shape index (κ3) is 6.23. The molecule has 1 aliphatic heterocycles. The van der Waals surface area contributed by atoms with Gasteiger partial charge < -0.3 is 10.1 Å². The SMILES string of the molecule is CCOc1ccc(S(=O)(=O)Nc2cccc(C(=O)NCC(C)(C)N3CCCCC3)c2)cc1. The molecule has 2 aromatic carbocycles. The predicted molar refractivity (Wildman–Crippen MR) is 127 cm³/mol. The lowest BCUT2D eigenvalue weighted by molar-refractivity contribution is 0.0797. The number of benzene rings is 2. The summed E-state index contributed by atoms with van der Waals surface area (Å²) in [4.78, 5) is 15.3. The van der Waals surface area contributed by atoms with Gasteiger partial charge in [0, 0.05) is 23.3 Å². The van der Waals surface area contributed by atoms with Crippen LogP contribution in [-0.2, 0) is 10.0 Å². The Balaban J connectivity index is 1.64. The molecule has 0 atom stereocenters. The predicted octanol–water partition coefficient (Wildman–Crippen LogP) is 3.88. The van der Waals surface area contributed by atoms with Crippen LogP contribution in [0, 0.1) is 0 Å². The summed E-state index contributed by atoms with van der Waals surface area (Å²) in [5.74, 6) is 0.384. The average molecular weight is 460 g/mol. The van der Waals surface area contributed by atoms with Crippen LogP contribution in [0.3, 0.4) is 0 Å². The van der Waals surface area contributed by atoms with Gasteiger partial charge >= 0.3 is 0 Å². The molecule has 0 saturated carbocycles. The summed E-state index contributed by atoms with van der Waals surface area (Å²) >= 11 is 0. The summed E-state index contributed by atoms with van der Waals surface area (Å²) < 4.78 is 33.4. The van der Waals surface area contributed by atoms with Gasteiger partial charge in [-0.3, -0.25) is 14.4 Å². The number of sulfonamides is 1. The van der Waals surface area contributed by atoms with E-state index >= 15 is 0 Å². The number of nitrogens with one attached hydrogen (secondary N) is 2. The number of likely N-dealkylation sites (tertiary alicyclic amines) is 1. The number of carbonyl (C=O) groups excluding carboxylic acids is 1. The van der Waals surface area contributed by atoms with Crippen LogP contribution in [0.2, 0.25) is 0 Å². The highest BCUT2D eigenvalue weighted by Gasteiger charge is 2.28. The molecule has 7 nitrogen and oxygen atoms in total. The standard InChI is InChI=1S/C24H33N3O4S/c1-4-31-21-11-13-22(14-12-21)32(29,30)26-20-10-8-9-19(17-20)23(28)25-18-24(2,3)27-15-6-5-7-16-27/h8-14,17,26H,4-7,15-16,18H2,1-3H3,(H,25,28). The summed E-state index contributed by atoms with van der Waals surface area (Å²) in [6.45, 7) is 9.27. The lowest BCUT2D eigenvalue weighted by atomic mass is 9.98. The maximum Gasteiger partial charge on any atom is 0.261 e. The van der Waals surface area contributed by atoms with Gasteiger partial charge in [0.15, 0.2) is 0 Å². The molecule has 0 radical (unpaired) electrons. The Kier molecular flexibility index (Phi) is 7.79. The molecule has 174 valence electrons. The first kappa shape index (κ1) is 24.1. The molecule has 0 unspecified atom stereocenters. The van der Waals surface area contributed by atoms with Gasteiger partial charge in [-0.2, -0.15) is 0 Å². The van der Waals surface area contributed by atoms with E-state index in [2.05, 4.69) is 28.8 Å². The van der Waals surface area contributed by atoms with Crippen molar-refractivity contribution in [1.82, 2.24) is 10.2 Å². The molecule has 1 aliphatic rings. The van der Waals surface area contributed by atoms with Crippen molar-refractivity contribution < 1.29 is 17.9 Å². The minimum absolute atomic E-state index is 0.124. The molecule has 2 aromatic rings. The largest absolute Gasteiger partial charge is 0.494 e. The quantitative estimate of drug-likeness (QED) is 0.594. The van der Waals surface area contributed by atoms with Crippen molar-refractivity contribution in [2.45, 2.75) is 50.5 Å². The maximum atomic E-state index is 12.7. The van der Waals surface area contributed by atoms with Crippen molar-refractivity contribution in [3.8, 4) is 5.75 Å². The van der Waals surface area contributed by atoms with E-state index in [0.29, 0.717) is 30.2 Å². The van der Waals surface area contributed by atoms with Crippen LogP contribution < -0.4 is 14.8 Å². The molecule has 2 N–H and O–H groups in total. The van der Waals surface area contributed by atoms with Gasteiger partial charge in [-0.1, -0.05) is 12.5 Å². The molecule has 0 spiro atoms. The number of hydrogen-bond donors (Lipinski definition) is 2. The molecular weight excluding hydrogens is 426 g/mol. The molecular formula is C24H33N3O4S. The van der Waals surface area contributed by atoms with Gasteiger partial charge in [-0.05, 0) is 89.2 Å². The Morgan fingerprint density at radius 2 is 1.75 bits per heavy atom. The van der Waals surface area contributed by atoms with E-state index in [-0.39, 0.29) is 16.3 Å². The van der Waals surface area contributed by atoms with E-state index in [1.807, 2.05) is 6.92 Å². The average Bonchev–Trinajstić information content (AvgIpc) is 2.78. The van der Waals surface area contributed by atoms with Crippen LogP contribution in [0.15, 0.2) is 53.4 Å². The van der Waals surface area contributed by atoms with Crippen LogP contribution in [0.1, 0.15) is 50.4 Å². The first-order valence-electron chi connectivity index (χ1n) is 11.1. The van der Waals surface area contributed by atoms with Gasteiger partial charge in [0.2, 0.25) is 0 Å². The molecule has 1 saturated heterocycles. The van der Waals surface area contributed by atoms with E-state index in [1.54, 1.807) is 36.4 Å². The topological polar surface area (TPSA) is 87.7 Å². The number of piperidine rings is 1. The van der Waals surface area contributed by atoms with Crippen molar-refractivity contribution in [3.63, 3.8) is 0 Å². The Labute approximate surface area is 191 Å². The highest BCUT2D eigenvalue weighted by Crippen LogP contribution is 2.22. The molecule has 32 heavy (non-hydrogen) atoms. The van der Waals surface area contributed by atoms with Crippen LogP contribution in [0.25, 0.3) is 0 Å². The fraction of sp³-hybridized carbons (Fsp3) is 0.458. The first-order chi connectivity index (χ1) is 15.2. The zero-order valence-corrected chi connectivity index (χ0v) is 19.9.